The molecular weight excluding hydrogens is 344 g/mol. The van der Waals surface area contributed by atoms with E-state index in [2.05, 4.69) is 10.6 Å². The number of aliphatic hydroxyl groups is 3. The van der Waals surface area contributed by atoms with Crippen LogP contribution in [0.5, 0.6) is 17.2 Å². The second-order valence-corrected chi connectivity index (χ2v) is 5.31. The summed E-state index contributed by atoms with van der Waals surface area (Å²) < 4.78 is 21.1. The summed E-state index contributed by atoms with van der Waals surface area (Å²) in [7, 11) is 0. The van der Waals surface area contributed by atoms with Gasteiger partial charge in [0.2, 0.25) is 0 Å². The zero-order chi connectivity index (χ0) is 18.4. The lowest BCUT2D eigenvalue weighted by molar-refractivity contribution is -0.0652. The summed E-state index contributed by atoms with van der Waals surface area (Å²) in [5.41, 5.74) is 2.77. The van der Waals surface area contributed by atoms with E-state index in [1.165, 1.54) is 0 Å². The van der Waals surface area contributed by atoms with Crippen LogP contribution in [0, 0.1) is 0 Å². The molecule has 0 atom stereocenters. The molecule has 0 fully saturated rings. The van der Waals surface area contributed by atoms with Gasteiger partial charge < -0.3 is 44.9 Å². The Kier molecular flexibility index (Phi) is 6.10. The minimum atomic E-state index is -0.458. The van der Waals surface area contributed by atoms with E-state index in [0.717, 1.165) is 11.3 Å². The number of ether oxygens (including phenoxy) is 4. The van der Waals surface area contributed by atoms with E-state index in [1.54, 1.807) is 30.3 Å². The number of benzene rings is 2. The van der Waals surface area contributed by atoms with Gasteiger partial charge in [-0.1, -0.05) is 6.07 Å². The highest BCUT2D eigenvalue weighted by atomic mass is 16.7. The normalized spacial score (nSPS) is 11.8. The third-order valence-corrected chi connectivity index (χ3v) is 3.64. The summed E-state index contributed by atoms with van der Waals surface area (Å²) in [5, 5.41) is 33.0. The number of aliphatic hydroxyl groups excluding tert-OH is 3. The summed E-state index contributed by atoms with van der Waals surface area (Å²) in [5.74, 6) is 1.59. The average Bonchev–Trinajstić information content (AvgIpc) is 2.66. The highest BCUT2D eigenvalue weighted by Crippen LogP contribution is 2.46. The van der Waals surface area contributed by atoms with Gasteiger partial charge in [-0.3, -0.25) is 0 Å². The van der Waals surface area contributed by atoms with Gasteiger partial charge in [-0.05, 0) is 23.8 Å². The van der Waals surface area contributed by atoms with Gasteiger partial charge in [-0.15, -0.1) is 0 Å². The van der Waals surface area contributed by atoms with Crippen molar-refractivity contribution in [1.82, 2.24) is 0 Å². The fourth-order valence-electron chi connectivity index (χ4n) is 2.44. The van der Waals surface area contributed by atoms with Crippen LogP contribution in [0.2, 0.25) is 0 Å². The number of anilines is 3. The van der Waals surface area contributed by atoms with Gasteiger partial charge >= 0.3 is 0 Å². The maximum atomic E-state index is 9.28. The van der Waals surface area contributed by atoms with Crippen molar-refractivity contribution in [2.24, 2.45) is 0 Å². The van der Waals surface area contributed by atoms with E-state index in [9.17, 15) is 5.11 Å². The highest BCUT2D eigenvalue weighted by Gasteiger charge is 2.20. The molecule has 0 aliphatic carbocycles. The molecule has 0 unspecified atom stereocenters. The van der Waals surface area contributed by atoms with Gasteiger partial charge in [0.1, 0.15) is 26.1 Å². The Bertz CT molecular complexity index is 754. The molecule has 1 aliphatic heterocycles. The quantitative estimate of drug-likeness (QED) is 0.285. The van der Waals surface area contributed by atoms with Crippen molar-refractivity contribution in [3.8, 4) is 17.2 Å². The van der Waals surface area contributed by atoms with E-state index < -0.39 is 13.6 Å². The Morgan fingerprint density at radius 1 is 0.962 bits per heavy atom. The van der Waals surface area contributed by atoms with Crippen molar-refractivity contribution in [2.45, 2.75) is 6.61 Å². The molecule has 2 aromatic rings. The number of fused-ring (bicyclic) bond motifs is 2. The number of hydrogen-bond donors (Lipinski definition) is 5. The first-order valence-electron chi connectivity index (χ1n) is 7.85. The maximum absolute atomic E-state index is 9.28. The molecule has 0 spiro atoms. The van der Waals surface area contributed by atoms with Crippen molar-refractivity contribution in [3.05, 3.63) is 35.9 Å². The molecule has 26 heavy (non-hydrogen) atoms. The van der Waals surface area contributed by atoms with Crippen LogP contribution in [0.15, 0.2) is 30.3 Å². The third-order valence-electron chi connectivity index (χ3n) is 3.64. The zero-order valence-corrected chi connectivity index (χ0v) is 13.9. The Morgan fingerprint density at radius 2 is 1.77 bits per heavy atom. The topological polar surface area (TPSA) is 122 Å². The molecule has 1 aliphatic rings. The second kappa shape index (κ2) is 8.70. The van der Waals surface area contributed by atoms with Gasteiger partial charge in [0, 0.05) is 6.07 Å². The predicted molar refractivity (Wildman–Crippen MR) is 92.5 cm³/mol. The second-order valence-electron chi connectivity index (χ2n) is 5.31. The lowest BCUT2D eigenvalue weighted by Gasteiger charge is -2.24. The van der Waals surface area contributed by atoms with Gasteiger partial charge in [0.25, 0.3) is 0 Å². The Balaban J connectivity index is 1.86. The van der Waals surface area contributed by atoms with Crippen LogP contribution in [-0.2, 0) is 16.1 Å². The van der Waals surface area contributed by atoms with Crippen molar-refractivity contribution >= 4 is 17.1 Å². The third kappa shape index (κ3) is 4.15. The van der Waals surface area contributed by atoms with Crippen molar-refractivity contribution in [3.63, 3.8) is 0 Å². The molecule has 0 saturated carbocycles. The summed E-state index contributed by atoms with van der Waals surface area (Å²) in [6, 6.07) is 8.79. The van der Waals surface area contributed by atoms with Crippen LogP contribution >= 0.6 is 0 Å². The fraction of sp³-hybridized carbons (Fsp3) is 0.294. The molecular formula is C17H20N2O7. The van der Waals surface area contributed by atoms with Gasteiger partial charge in [0.05, 0.1) is 23.7 Å². The molecule has 0 aromatic heterocycles. The molecule has 0 amide bonds. The molecule has 5 N–H and O–H groups in total. The molecule has 0 saturated heterocycles. The first-order chi connectivity index (χ1) is 12.7. The molecule has 9 heteroatoms. The average molecular weight is 364 g/mol. The first kappa shape index (κ1) is 18.2. The standard InChI is InChI=1S/C17H20N2O7/c20-6-11-1-2-15-13(3-11)19-14-4-12(18-7-23-8-21)16(5-17(14)26-15)25-10-24-9-22/h1-5,18-22H,6-10H2. The van der Waals surface area contributed by atoms with Gasteiger partial charge in [0.15, 0.2) is 18.3 Å². The largest absolute Gasteiger partial charge is 0.465 e. The summed E-state index contributed by atoms with van der Waals surface area (Å²) in [6.45, 7) is -1.02. The van der Waals surface area contributed by atoms with Gasteiger partial charge in [-0.2, -0.15) is 0 Å². The smallest absolute Gasteiger partial charge is 0.191 e. The Labute approximate surface area is 149 Å². The lowest BCUT2D eigenvalue weighted by Crippen LogP contribution is -2.11. The zero-order valence-electron chi connectivity index (χ0n) is 13.9. The summed E-state index contributed by atoms with van der Waals surface area (Å²) in [6.07, 6.45) is 0. The molecule has 0 radical (unpaired) electrons. The minimum Gasteiger partial charge on any atom is -0.465 e. The molecule has 140 valence electrons. The number of rotatable bonds is 9. The minimum absolute atomic E-state index is 0.0647. The first-order valence-corrected chi connectivity index (χ1v) is 7.85. The van der Waals surface area contributed by atoms with Crippen LogP contribution in [0.3, 0.4) is 0 Å². The Morgan fingerprint density at radius 3 is 2.54 bits per heavy atom. The van der Waals surface area contributed by atoms with Crippen LogP contribution in [0.25, 0.3) is 0 Å². The number of hydrogen-bond acceptors (Lipinski definition) is 9. The van der Waals surface area contributed by atoms with Crippen LogP contribution in [0.1, 0.15) is 5.56 Å². The molecule has 9 nitrogen and oxygen atoms in total. The van der Waals surface area contributed by atoms with E-state index >= 15 is 0 Å². The fourth-order valence-corrected chi connectivity index (χ4v) is 2.44. The molecule has 3 rings (SSSR count). The van der Waals surface area contributed by atoms with E-state index in [-0.39, 0.29) is 20.1 Å². The maximum Gasteiger partial charge on any atom is 0.191 e. The lowest BCUT2D eigenvalue weighted by atomic mass is 10.1. The summed E-state index contributed by atoms with van der Waals surface area (Å²) >= 11 is 0. The van der Waals surface area contributed by atoms with E-state index in [4.69, 9.17) is 29.2 Å². The molecule has 2 aromatic carbocycles. The summed E-state index contributed by atoms with van der Waals surface area (Å²) in [4.78, 5) is 0. The van der Waals surface area contributed by atoms with Gasteiger partial charge in [-0.25, -0.2) is 0 Å². The van der Waals surface area contributed by atoms with Crippen LogP contribution < -0.4 is 20.1 Å². The SMILES string of the molecule is OCOCNc1cc2c(cc1OCOCO)Oc1ccc(CO)cc1N2. The predicted octanol–water partition coefficient (Wildman–Crippen LogP) is 1.67. The Hall–Kier alpha value is -2.56. The van der Waals surface area contributed by atoms with Crippen molar-refractivity contribution in [1.29, 1.82) is 0 Å². The van der Waals surface area contributed by atoms with E-state index in [0.29, 0.717) is 28.6 Å². The highest BCUT2D eigenvalue weighted by molar-refractivity contribution is 5.80. The van der Waals surface area contributed by atoms with Crippen LogP contribution in [-0.4, -0.2) is 42.4 Å². The molecule has 0 bridgehead atoms. The van der Waals surface area contributed by atoms with Crippen molar-refractivity contribution in [2.75, 3.05) is 37.7 Å². The van der Waals surface area contributed by atoms with E-state index in [1.807, 2.05) is 0 Å². The molecule has 1 heterocycles. The monoisotopic (exact) mass is 364 g/mol. The number of nitrogens with one attached hydrogen (secondary N) is 2. The van der Waals surface area contributed by atoms with Crippen LogP contribution in [0.4, 0.5) is 17.1 Å². The van der Waals surface area contributed by atoms with Crippen molar-refractivity contribution < 1.29 is 34.3 Å².